The Morgan fingerprint density at radius 1 is 1.35 bits per heavy atom. The van der Waals surface area contributed by atoms with Gasteiger partial charge in [0.15, 0.2) is 0 Å². The monoisotopic (exact) mass is 298 g/mol. The number of halogens is 3. The van der Waals surface area contributed by atoms with Crippen molar-refractivity contribution in [1.29, 1.82) is 0 Å². The van der Waals surface area contributed by atoms with Gasteiger partial charge in [0, 0.05) is 13.1 Å². The fourth-order valence-electron chi connectivity index (χ4n) is 2.39. The molecule has 1 heterocycles. The second kappa shape index (κ2) is 8.81. The van der Waals surface area contributed by atoms with Crippen molar-refractivity contribution < 1.29 is 23.0 Å². The second-order valence-corrected chi connectivity index (χ2v) is 5.46. The molecule has 0 aromatic carbocycles. The van der Waals surface area contributed by atoms with Gasteiger partial charge in [-0.1, -0.05) is 0 Å². The maximum atomic E-state index is 11.8. The Hall–Kier alpha value is -0.370. The van der Waals surface area contributed by atoms with Crippen LogP contribution in [0.15, 0.2) is 0 Å². The van der Waals surface area contributed by atoms with Gasteiger partial charge in [0.2, 0.25) is 0 Å². The van der Waals surface area contributed by atoms with Gasteiger partial charge in [-0.25, -0.2) is 0 Å². The molecular formula is C13H25F3N2O2. The molecule has 4 nitrogen and oxygen atoms in total. The van der Waals surface area contributed by atoms with E-state index in [0.717, 1.165) is 32.5 Å². The van der Waals surface area contributed by atoms with Crippen molar-refractivity contribution in [2.75, 3.05) is 45.9 Å². The first-order valence-electron chi connectivity index (χ1n) is 7.12. The van der Waals surface area contributed by atoms with Crippen LogP contribution in [0.3, 0.4) is 0 Å². The summed E-state index contributed by atoms with van der Waals surface area (Å²) < 4.78 is 40.0. The fraction of sp³-hybridized carbons (Fsp3) is 1.00. The minimum Gasteiger partial charge on any atom is -0.392 e. The van der Waals surface area contributed by atoms with Crippen LogP contribution in [-0.4, -0.2) is 68.2 Å². The van der Waals surface area contributed by atoms with E-state index in [4.69, 9.17) is 0 Å². The number of hydrogen-bond acceptors (Lipinski definition) is 4. The van der Waals surface area contributed by atoms with E-state index in [-0.39, 0.29) is 12.7 Å². The Bertz CT molecular complexity index is 254. The molecule has 120 valence electrons. The van der Waals surface area contributed by atoms with Crippen LogP contribution in [0.25, 0.3) is 0 Å². The summed E-state index contributed by atoms with van der Waals surface area (Å²) in [6.07, 6.45) is -2.42. The maximum Gasteiger partial charge on any atom is 0.411 e. The highest BCUT2D eigenvalue weighted by atomic mass is 19.4. The molecule has 0 amide bonds. The van der Waals surface area contributed by atoms with Crippen LogP contribution in [0.2, 0.25) is 0 Å². The molecule has 0 aromatic heterocycles. The molecule has 0 saturated carbocycles. The quantitative estimate of drug-likeness (QED) is 0.662. The van der Waals surface area contributed by atoms with Gasteiger partial charge in [-0.3, -0.25) is 0 Å². The van der Waals surface area contributed by atoms with Crippen molar-refractivity contribution in [3.63, 3.8) is 0 Å². The topological polar surface area (TPSA) is 44.7 Å². The van der Waals surface area contributed by atoms with E-state index in [1.165, 1.54) is 0 Å². The first-order chi connectivity index (χ1) is 9.37. The van der Waals surface area contributed by atoms with Crippen molar-refractivity contribution in [1.82, 2.24) is 10.2 Å². The van der Waals surface area contributed by atoms with Crippen LogP contribution in [0.4, 0.5) is 13.2 Å². The zero-order valence-electron chi connectivity index (χ0n) is 12.0. The molecule has 0 spiro atoms. The van der Waals surface area contributed by atoms with Crippen molar-refractivity contribution in [3.05, 3.63) is 0 Å². The lowest BCUT2D eigenvalue weighted by molar-refractivity contribution is -0.173. The van der Waals surface area contributed by atoms with Crippen molar-refractivity contribution in [2.24, 2.45) is 5.92 Å². The van der Waals surface area contributed by atoms with Gasteiger partial charge in [0.25, 0.3) is 0 Å². The number of β-amino-alcohol motifs (C(OH)–C–C–N with tert-alkyl or cyclic N) is 1. The van der Waals surface area contributed by atoms with E-state index in [1.54, 1.807) is 6.92 Å². The van der Waals surface area contributed by atoms with Crippen LogP contribution < -0.4 is 5.32 Å². The summed E-state index contributed by atoms with van der Waals surface area (Å²) in [6, 6.07) is 0. The highest BCUT2D eigenvalue weighted by Crippen LogP contribution is 2.16. The van der Waals surface area contributed by atoms with Crippen LogP contribution >= 0.6 is 0 Å². The van der Waals surface area contributed by atoms with Gasteiger partial charge < -0.3 is 20.1 Å². The number of ether oxygens (including phenoxy) is 1. The third-order valence-corrected chi connectivity index (χ3v) is 3.35. The van der Waals surface area contributed by atoms with Gasteiger partial charge in [-0.05, 0) is 45.3 Å². The third kappa shape index (κ3) is 8.73. The lowest BCUT2D eigenvalue weighted by Gasteiger charge is -2.32. The molecule has 1 rings (SSSR count). The number of aliphatic hydroxyl groups excluding tert-OH is 1. The molecule has 7 heteroatoms. The number of alkyl halides is 3. The minimum absolute atomic E-state index is 0.0837. The number of nitrogens with zero attached hydrogens (tertiary/aromatic N) is 1. The van der Waals surface area contributed by atoms with Crippen molar-refractivity contribution in [2.45, 2.75) is 32.0 Å². The summed E-state index contributed by atoms with van der Waals surface area (Å²) in [7, 11) is 0. The summed E-state index contributed by atoms with van der Waals surface area (Å²) in [5, 5.41) is 12.4. The predicted octanol–water partition coefficient (Wildman–Crippen LogP) is 1.25. The highest BCUT2D eigenvalue weighted by molar-refractivity contribution is 4.74. The highest BCUT2D eigenvalue weighted by Gasteiger charge is 2.27. The average Bonchev–Trinajstić information content (AvgIpc) is 2.33. The number of likely N-dealkylation sites (tertiary alicyclic amines) is 1. The number of nitrogens with one attached hydrogen (secondary N) is 1. The molecule has 0 aromatic rings. The minimum atomic E-state index is -4.24. The first-order valence-corrected chi connectivity index (χ1v) is 7.12. The smallest absolute Gasteiger partial charge is 0.392 e. The SMILES string of the molecule is C[C@H](O)CN1CCC(CNCCOCC(F)(F)F)CC1. The van der Waals surface area contributed by atoms with E-state index < -0.39 is 12.8 Å². The van der Waals surface area contributed by atoms with Crippen LogP contribution in [0.5, 0.6) is 0 Å². The standard InChI is InChI=1S/C13H25F3N2O2/c1-11(19)9-18-5-2-12(3-6-18)8-17-4-7-20-10-13(14,15)16/h11-12,17,19H,2-10H2,1H3/t11-/m0/s1. The van der Waals surface area contributed by atoms with Crippen LogP contribution in [0.1, 0.15) is 19.8 Å². The van der Waals surface area contributed by atoms with Gasteiger partial charge in [-0.15, -0.1) is 0 Å². The van der Waals surface area contributed by atoms with Crippen molar-refractivity contribution in [3.8, 4) is 0 Å². The number of rotatable bonds is 8. The zero-order valence-corrected chi connectivity index (χ0v) is 12.0. The Morgan fingerprint density at radius 2 is 2.00 bits per heavy atom. The van der Waals surface area contributed by atoms with E-state index in [0.29, 0.717) is 19.0 Å². The normalized spacial score (nSPS) is 20.2. The third-order valence-electron chi connectivity index (χ3n) is 3.35. The van der Waals surface area contributed by atoms with Gasteiger partial charge in [0.05, 0.1) is 12.7 Å². The molecule has 1 fully saturated rings. The molecular weight excluding hydrogens is 273 g/mol. The predicted molar refractivity (Wildman–Crippen MR) is 70.6 cm³/mol. The summed E-state index contributed by atoms with van der Waals surface area (Å²) >= 11 is 0. The lowest BCUT2D eigenvalue weighted by atomic mass is 9.96. The molecule has 1 saturated heterocycles. The van der Waals surface area contributed by atoms with E-state index in [9.17, 15) is 18.3 Å². The zero-order chi connectivity index (χ0) is 15.0. The second-order valence-electron chi connectivity index (χ2n) is 5.46. The van der Waals surface area contributed by atoms with Gasteiger partial charge >= 0.3 is 6.18 Å². The number of aliphatic hydroxyl groups is 1. The summed E-state index contributed by atoms with van der Waals surface area (Å²) in [6.45, 7) is 4.62. The molecule has 0 bridgehead atoms. The van der Waals surface area contributed by atoms with Gasteiger partial charge in [-0.2, -0.15) is 13.2 Å². The summed E-state index contributed by atoms with van der Waals surface area (Å²) in [5.41, 5.74) is 0. The number of piperidine rings is 1. The summed E-state index contributed by atoms with van der Waals surface area (Å²) in [4.78, 5) is 2.24. The van der Waals surface area contributed by atoms with Crippen LogP contribution in [0, 0.1) is 5.92 Å². The molecule has 1 aliphatic rings. The molecule has 1 aliphatic heterocycles. The lowest BCUT2D eigenvalue weighted by Crippen LogP contribution is -2.40. The average molecular weight is 298 g/mol. The molecule has 0 unspecified atom stereocenters. The Kier molecular flexibility index (Phi) is 7.79. The Balaban J connectivity index is 1.96. The molecule has 1 atom stereocenters. The van der Waals surface area contributed by atoms with Crippen molar-refractivity contribution >= 4 is 0 Å². The van der Waals surface area contributed by atoms with E-state index in [1.807, 2.05) is 0 Å². The molecule has 2 N–H and O–H groups in total. The first kappa shape index (κ1) is 17.7. The Morgan fingerprint density at radius 3 is 2.55 bits per heavy atom. The number of hydrogen-bond donors (Lipinski definition) is 2. The van der Waals surface area contributed by atoms with Crippen LogP contribution in [-0.2, 0) is 4.74 Å². The fourth-order valence-corrected chi connectivity index (χ4v) is 2.39. The molecule has 20 heavy (non-hydrogen) atoms. The maximum absolute atomic E-state index is 11.8. The van der Waals surface area contributed by atoms with E-state index in [2.05, 4.69) is 15.0 Å². The van der Waals surface area contributed by atoms with Gasteiger partial charge in [0.1, 0.15) is 6.61 Å². The Labute approximate surface area is 118 Å². The van der Waals surface area contributed by atoms with E-state index >= 15 is 0 Å². The molecule has 0 aliphatic carbocycles. The summed E-state index contributed by atoms with van der Waals surface area (Å²) in [5.74, 6) is 0.558. The molecule has 0 radical (unpaired) electrons. The largest absolute Gasteiger partial charge is 0.411 e.